The zero-order chi connectivity index (χ0) is 29.1. The summed E-state index contributed by atoms with van der Waals surface area (Å²) in [4.78, 5) is 5.20. The number of fused-ring (bicyclic) bond motifs is 2. The van der Waals surface area contributed by atoms with Crippen LogP contribution in [0.3, 0.4) is 0 Å². The van der Waals surface area contributed by atoms with Crippen LogP contribution in [0, 0.1) is 6.92 Å². The van der Waals surface area contributed by atoms with Gasteiger partial charge in [-0.3, -0.25) is 0 Å². The first-order valence-corrected chi connectivity index (χ1v) is 15.5. The molecule has 0 saturated heterocycles. The standard InChI is InChI=1S/C38H32O2S2/c1-25-15-17-35-37(19-25)41-36-18-16-29(24-38(36)42-35)32(28-13-9-6-10-14-28)21-31-23-33(39-3)30(22-34(31)40-4)20-26(2)27-11-7-5-8-12-27/h5-24H,1-4H3. The maximum absolute atomic E-state index is 5.95. The van der Waals surface area contributed by atoms with E-state index in [1.165, 1.54) is 30.7 Å². The van der Waals surface area contributed by atoms with E-state index in [4.69, 9.17) is 9.47 Å². The lowest BCUT2D eigenvalue weighted by atomic mass is 9.94. The van der Waals surface area contributed by atoms with E-state index in [2.05, 4.69) is 129 Å². The van der Waals surface area contributed by atoms with Gasteiger partial charge in [0.05, 0.1) is 14.2 Å². The van der Waals surface area contributed by atoms with Gasteiger partial charge in [0.25, 0.3) is 0 Å². The molecule has 0 fully saturated rings. The summed E-state index contributed by atoms with van der Waals surface area (Å²) in [6, 6.07) is 38.6. The molecule has 5 aromatic rings. The number of ether oxygens (including phenoxy) is 2. The third-order valence-electron chi connectivity index (χ3n) is 7.36. The molecule has 0 aromatic heterocycles. The molecule has 0 bridgehead atoms. The normalized spacial score (nSPS) is 12.9. The summed E-state index contributed by atoms with van der Waals surface area (Å²) in [6.07, 6.45) is 4.37. The minimum absolute atomic E-state index is 0.795. The Kier molecular flexibility index (Phi) is 8.27. The first-order valence-electron chi connectivity index (χ1n) is 13.9. The average molecular weight is 585 g/mol. The first kappa shape index (κ1) is 28.0. The van der Waals surface area contributed by atoms with Gasteiger partial charge >= 0.3 is 0 Å². The Labute approximate surface area is 257 Å². The fourth-order valence-electron chi connectivity index (χ4n) is 5.15. The molecule has 1 aliphatic rings. The Morgan fingerprint density at radius 1 is 0.548 bits per heavy atom. The van der Waals surface area contributed by atoms with Crippen LogP contribution in [0.15, 0.2) is 129 Å². The van der Waals surface area contributed by atoms with E-state index in [0.29, 0.717) is 0 Å². The first-order chi connectivity index (χ1) is 20.5. The van der Waals surface area contributed by atoms with Crippen LogP contribution < -0.4 is 9.47 Å². The van der Waals surface area contributed by atoms with Crippen molar-refractivity contribution >= 4 is 46.8 Å². The molecule has 0 amide bonds. The van der Waals surface area contributed by atoms with Crippen LogP contribution in [0.5, 0.6) is 11.5 Å². The van der Waals surface area contributed by atoms with Crippen LogP contribution in [-0.4, -0.2) is 14.2 Å². The van der Waals surface area contributed by atoms with Crippen molar-refractivity contribution in [2.24, 2.45) is 0 Å². The van der Waals surface area contributed by atoms with Crippen LogP contribution in [0.1, 0.15) is 40.3 Å². The van der Waals surface area contributed by atoms with Crippen LogP contribution in [0.2, 0.25) is 0 Å². The monoisotopic (exact) mass is 584 g/mol. The number of hydrogen-bond acceptors (Lipinski definition) is 4. The van der Waals surface area contributed by atoms with Gasteiger partial charge in [0.1, 0.15) is 11.5 Å². The van der Waals surface area contributed by atoms with Gasteiger partial charge in [-0.05, 0) is 95.8 Å². The van der Waals surface area contributed by atoms with Crippen molar-refractivity contribution < 1.29 is 9.47 Å². The summed E-state index contributed by atoms with van der Waals surface area (Å²) in [6.45, 7) is 4.27. The van der Waals surface area contributed by atoms with Crippen LogP contribution in [-0.2, 0) is 0 Å². The van der Waals surface area contributed by atoms with Crippen molar-refractivity contribution in [3.05, 3.63) is 143 Å². The summed E-state index contributed by atoms with van der Waals surface area (Å²) in [5.74, 6) is 1.59. The molecule has 1 aliphatic heterocycles. The predicted octanol–water partition coefficient (Wildman–Crippen LogP) is 10.8. The SMILES string of the molecule is COc1cc(C=C(c2ccccc2)c2ccc3c(c2)Sc2ccc(C)cc2S3)c(OC)cc1C=C(C)c1ccccc1. The summed E-state index contributed by atoms with van der Waals surface area (Å²) in [7, 11) is 3.45. The Balaban J connectivity index is 1.44. The number of hydrogen-bond donors (Lipinski definition) is 0. The molecule has 0 atom stereocenters. The van der Waals surface area contributed by atoms with Gasteiger partial charge in [0.2, 0.25) is 0 Å². The second-order valence-corrected chi connectivity index (χ2v) is 12.4. The molecule has 2 nitrogen and oxygen atoms in total. The highest BCUT2D eigenvalue weighted by Crippen LogP contribution is 2.49. The van der Waals surface area contributed by atoms with Crippen LogP contribution >= 0.6 is 23.5 Å². The van der Waals surface area contributed by atoms with E-state index in [9.17, 15) is 0 Å². The molecule has 4 heteroatoms. The number of methoxy groups -OCH3 is 2. The van der Waals surface area contributed by atoms with Crippen molar-refractivity contribution in [3.63, 3.8) is 0 Å². The minimum atomic E-state index is 0.795. The molecular weight excluding hydrogens is 553 g/mol. The Morgan fingerprint density at radius 3 is 1.71 bits per heavy atom. The lowest BCUT2D eigenvalue weighted by Gasteiger charge is -2.20. The third-order valence-corrected chi connectivity index (χ3v) is 9.89. The Bertz CT molecular complexity index is 1800. The lowest BCUT2D eigenvalue weighted by Crippen LogP contribution is -1.96. The zero-order valence-electron chi connectivity index (χ0n) is 24.2. The fraction of sp³-hybridized carbons (Fsp3) is 0.105. The number of allylic oxidation sites excluding steroid dienone is 1. The average Bonchev–Trinajstić information content (AvgIpc) is 3.03. The molecule has 0 saturated carbocycles. The maximum Gasteiger partial charge on any atom is 0.126 e. The van der Waals surface area contributed by atoms with Crippen molar-refractivity contribution in [2.45, 2.75) is 33.4 Å². The van der Waals surface area contributed by atoms with E-state index in [-0.39, 0.29) is 0 Å². The fourth-order valence-corrected chi connectivity index (χ4v) is 7.48. The van der Waals surface area contributed by atoms with Gasteiger partial charge in [-0.25, -0.2) is 0 Å². The Morgan fingerprint density at radius 2 is 1.10 bits per heavy atom. The maximum atomic E-state index is 5.95. The minimum Gasteiger partial charge on any atom is -0.496 e. The van der Waals surface area contributed by atoms with Crippen molar-refractivity contribution in [3.8, 4) is 11.5 Å². The van der Waals surface area contributed by atoms with Crippen molar-refractivity contribution in [1.29, 1.82) is 0 Å². The van der Waals surface area contributed by atoms with Gasteiger partial charge < -0.3 is 9.47 Å². The quantitative estimate of drug-likeness (QED) is 0.174. The zero-order valence-corrected chi connectivity index (χ0v) is 25.8. The summed E-state index contributed by atoms with van der Waals surface area (Å²) in [5.41, 5.74) is 8.99. The smallest absolute Gasteiger partial charge is 0.126 e. The molecule has 0 spiro atoms. The van der Waals surface area contributed by atoms with Gasteiger partial charge in [0, 0.05) is 30.7 Å². The van der Waals surface area contributed by atoms with Crippen LogP contribution in [0.4, 0.5) is 0 Å². The van der Waals surface area contributed by atoms with E-state index >= 15 is 0 Å². The molecule has 0 N–H and O–H groups in total. The molecule has 1 heterocycles. The van der Waals surface area contributed by atoms with Gasteiger partial charge in [0.15, 0.2) is 0 Å². The van der Waals surface area contributed by atoms with Gasteiger partial charge in [-0.1, -0.05) is 96.3 Å². The molecular formula is C38H32O2S2. The molecule has 6 rings (SSSR count). The molecule has 0 radical (unpaired) electrons. The summed E-state index contributed by atoms with van der Waals surface area (Å²) >= 11 is 3.69. The molecule has 0 aliphatic carbocycles. The summed E-state index contributed by atoms with van der Waals surface area (Å²) < 4.78 is 11.8. The third kappa shape index (κ3) is 5.92. The Hall–Kier alpha value is -4.12. The van der Waals surface area contributed by atoms with E-state index in [1.807, 2.05) is 29.6 Å². The number of aryl methyl sites for hydroxylation is 1. The van der Waals surface area contributed by atoms with Gasteiger partial charge in [-0.2, -0.15) is 0 Å². The van der Waals surface area contributed by atoms with Crippen molar-refractivity contribution in [2.75, 3.05) is 14.2 Å². The highest BCUT2D eigenvalue weighted by Gasteiger charge is 2.19. The molecule has 42 heavy (non-hydrogen) atoms. The number of benzene rings is 5. The topological polar surface area (TPSA) is 18.5 Å². The van der Waals surface area contributed by atoms with Gasteiger partial charge in [-0.15, -0.1) is 0 Å². The molecule has 0 unspecified atom stereocenters. The predicted molar refractivity (Wildman–Crippen MR) is 179 cm³/mol. The molecule has 5 aromatic carbocycles. The second kappa shape index (κ2) is 12.4. The summed E-state index contributed by atoms with van der Waals surface area (Å²) in [5, 5.41) is 0. The van der Waals surface area contributed by atoms with Crippen molar-refractivity contribution in [1.82, 2.24) is 0 Å². The van der Waals surface area contributed by atoms with E-state index in [0.717, 1.165) is 44.9 Å². The highest BCUT2D eigenvalue weighted by atomic mass is 32.2. The van der Waals surface area contributed by atoms with Crippen LogP contribution in [0.25, 0.3) is 23.3 Å². The molecule has 208 valence electrons. The lowest BCUT2D eigenvalue weighted by molar-refractivity contribution is 0.401. The van der Waals surface area contributed by atoms with E-state index in [1.54, 1.807) is 14.2 Å². The number of rotatable bonds is 7. The largest absolute Gasteiger partial charge is 0.496 e. The second-order valence-electron chi connectivity index (χ2n) is 10.3. The van der Waals surface area contributed by atoms with E-state index < -0.39 is 0 Å². The highest BCUT2D eigenvalue weighted by molar-refractivity contribution is 8.05.